The summed E-state index contributed by atoms with van der Waals surface area (Å²) in [6.07, 6.45) is 2.37. The fourth-order valence-electron chi connectivity index (χ4n) is 3.21. The van der Waals surface area contributed by atoms with Crippen LogP contribution in [0.25, 0.3) is 11.0 Å². The fraction of sp³-hybridized carbons (Fsp3) is 0.529. The van der Waals surface area contributed by atoms with Crippen molar-refractivity contribution in [3.8, 4) is 0 Å². The monoisotopic (exact) mass is 257 g/mol. The number of nitrogens with one attached hydrogen (secondary N) is 1. The number of para-hydroxylation sites is 1. The van der Waals surface area contributed by atoms with E-state index in [-0.39, 0.29) is 5.41 Å². The Morgan fingerprint density at radius 1 is 1.11 bits per heavy atom. The normalized spacial score (nSPS) is 18.1. The second-order valence-electron chi connectivity index (χ2n) is 6.61. The van der Waals surface area contributed by atoms with Gasteiger partial charge in [-0.3, -0.25) is 0 Å². The minimum Gasteiger partial charge on any atom is -0.460 e. The van der Waals surface area contributed by atoms with Crippen molar-refractivity contribution in [3.05, 3.63) is 35.6 Å². The van der Waals surface area contributed by atoms with Gasteiger partial charge in [-0.25, -0.2) is 0 Å². The summed E-state index contributed by atoms with van der Waals surface area (Å²) in [5.74, 6) is 1.80. The summed E-state index contributed by atoms with van der Waals surface area (Å²) >= 11 is 0. The first-order valence-electron chi connectivity index (χ1n) is 7.30. The number of fused-ring (bicyclic) bond motifs is 1. The molecule has 1 aliphatic rings. The van der Waals surface area contributed by atoms with E-state index in [1.54, 1.807) is 0 Å². The van der Waals surface area contributed by atoms with Gasteiger partial charge in [-0.15, -0.1) is 0 Å². The number of benzene rings is 1. The molecule has 1 aromatic carbocycles. The van der Waals surface area contributed by atoms with Gasteiger partial charge in [-0.2, -0.15) is 0 Å². The highest BCUT2D eigenvalue weighted by atomic mass is 16.3. The summed E-state index contributed by atoms with van der Waals surface area (Å²) < 4.78 is 6.24. The summed E-state index contributed by atoms with van der Waals surface area (Å²) in [6.45, 7) is 9.06. The van der Waals surface area contributed by atoms with Crippen molar-refractivity contribution in [2.24, 2.45) is 0 Å². The molecule has 2 heterocycles. The number of hydrogen-bond acceptors (Lipinski definition) is 2. The van der Waals surface area contributed by atoms with Crippen LogP contribution >= 0.6 is 0 Å². The van der Waals surface area contributed by atoms with Gasteiger partial charge in [0.1, 0.15) is 11.3 Å². The molecule has 1 saturated heterocycles. The van der Waals surface area contributed by atoms with Crippen LogP contribution in [0.1, 0.15) is 50.9 Å². The Morgan fingerprint density at radius 2 is 1.79 bits per heavy atom. The van der Waals surface area contributed by atoms with Gasteiger partial charge < -0.3 is 9.73 Å². The van der Waals surface area contributed by atoms with Crippen LogP contribution in [0.3, 0.4) is 0 Å². The predicted molar refractivity (Wildman–Crippen MR) is 79.8 cm³/mol. The van der Waals surface area contributed by atoms with Crippen LogP contribution in [-0.2, 0) is 5.41 Å². The third kappa shape index (κ3) is 2.30. The quantitative estimate of drug-likeness (QED) is 0.828. The zero-order chi connectivity index (χ0) is 13.5. The average Bonchev–Trinajstić information content (AvgIpc) is 2.79. The summed E-state index contributed by atoms with van der Waals surface area (Å²) in [5.41, 5.74) is 2.59. The van der Waals surface area contributed by atoms with Crippen LogP contribution in [-0.4, -0.2) is 13.1 Å². The van der Waals surface area contributed by atoms with Crippen molar-refractivity contribution in [2.45, 2.75) is 44.9 Å². The Hall–Kier alpha value is -1.28. The zero-order valence-corrected chi connectivity index (χ0v) is 12.1. The van der Waals surface area contributed by atoms with Gasteiger partial charge in [0.05, 0.1) is 0 Å². The van der Waals surface area contributed by atoms with Crippen LogP contribution in [0.5, 0.6) is 0 Å². The van der Waals surface area contributed by atoms with E-state index in [9.17, 15) is 0 Å². The van der Waals surface area contributed by atoms with Gasteiger partial charge in [0.15, 0.2) is 0 Å². The first-order chi connectivity index (χ1) is 9.07. The molecule has 1 fully saturated rings. The van der Waals surface area contributed by atoms with Crippen molar-refractivity contribution >= 4 is 11.0 Å². The molecule has 0 unspecified atom stereocenters. The van der Waals surface area contributed by atoms with Gasteiger partial charge in [0.2, 0.25) is 0 Å². The minimum absolute atomic E-state index is 0.132. The second kappa shape index (κ2) is 4.68. The van der Waals surface area contributed by atoms with Crippen LogP contribution in [0.2, 0.25) is 0 Å². The van der Waals surface area contributed by atoms with Gasteiger partial charge in [-0.05, 0) is 37.4 Å². The Bertz CT molecular complexity index is 570. The highest BCUT2D eigenvalue weighted by Crippen LogP contribution is 2.41. The van der Waals surface area contributed by atoms with Crippen molar-refractivity contribution < 1.29 is 4.42 Å². The highest BCUT2D eigenvalue weighted by molar-refractivity contribution is 5.83. The lowest BCUT2D eigenvalue weighted by molar-refractivity contribution is 0.386. The molecular weight excluding hydrogens is 234 g/mol. The van der Waals surface area contributed by atoms with E-state index >= 15 is 0 Å². The molecular formula is C17H23NO. The van der Waals surface area contributed by atoms with E-state index in [2.05, 4.69) is 50.4 Å². The molecule has 0 saturated carbocycles. The first-order valence-corrected chi connectivity index (χ1v) is 7.30. The molecule has 2 nitrogen and oxygen atoms in total. The lowest BCUT2D eigenvalue weighted by Crippen LogP contribution is -2.27. The Kier molecular flexibility index (Phi) is 3.14. The van der Waals surface area contributed by atoms with E-state index in [1.807, 2.05) is 0 Å². The number of piperidine rings is 1. The van der Waals surface area contributed by atoms with Crippen molar-refractivity contribution in [2.75, 3.05) is 13.1 Å². The molecule has 1 aromatic heterocycles. The van der Waals surface area contributed by atoms with E-state index in [0.717, 1.165) is 18.7 Å². The third-order valence-electron chi connectivity index (χ3n) is 4.08. The maximum atomic E-state index is 6.24. The molecule has 2 heteroatoms. The molecule has 0 atom stereocenters. The van der Waals surface area contributed by atoms with Gasteiger partial charge in [-0.1, -0.05) is 39.0 Å². The fourth-order valence-corrected chi connectivity index (χ4v) is 3.21. The van der Waals surface area contributed by atoms with Crippen LogP contribution < -0.4 is 5.32 Å². The lowest BCUT2D eigenvalue weighted by atomic mass is 9.80. The van der Waals surface area contributed by atoms with Gasteiger partial charge >= 0.3 is 0 Å². The van der Waals surface area contributed by atoms with Crippen LogP contribution in [0.4, 0.5) is 0 Å². The molecule has 0 radical (unpaired) electrons. The SMILES string of the molecule is CC(C)(C)c1c(C2CCNCC2)oc2ccccc12. The largest absolute Gasteiger partial charge is 0.460 e. The summed E-state index contributed by atoms with van der Waals surface area (Å²) in [6, 6.07) is 8.46. The molecule has 1 aliphatic heterocycles. The smallest absolute Gasteiger partial charge is 0.134 e. The van der Waals surface area contributed by atoms with E-state index in [0.29, 0.717) is 5.92 Å². The Morgan fingerprint density at radius 3 is 2.47 bits per heavy atom. The van der Waals surface area contributed by atoms with Gasteiger partial charge in [0, 0.05) is 16.9 Å². The summed E-state index contributed by atoms with van der Waals surface area (Å²) in [7, 11) is 0. The molecule has 2 aromatic rings. The maximum absolute atomic E-state index is 6.24. The van der Waals surface area contributed by atoms with Crippen molar-refractivity contribution in [1.82, 2.24) is 5.32 Å². The topological polar surface area (TPSA) is 25.2 Å². The average molecular weight is 257 g/mol. The molecule has 0 spiro atoms. The first kappa shape index (κ1) is 12.7. The zero-order valence-electron chi connectivity index (χ0n) is 12.1. The van der Waals surface area contributed by atoms with Gasteiger partial charge in [0.25, 0.3) is 0 Å². The molecule has 3 rings (SSSR count). The van der Waals surface area contributed by atoms with Crippen LogP contribution in [0.15, 0.2) is 28.7 Å². The molecule has 102 valence electrons. The molecule has 0 amide bonds. The Balaban J connectivity index is 2.17. The van der Waals surface area contributed by atoms with Crippen LogP contribution in [0, 0.1) is 0 Å². The predicted octanol–water partition coefficient (Wildman–Crippen LogP) is 4.20. The van der Waals surface area contributed by atoms with Crippen molar-refractivity contribution in [1.29, 1.82) is 0 Å². The molecule has 0 bridgehead atoms. The minimum atomic E-state index is 0.132. The van der Waals surface area contributed by atoms with E-state index in [4.69, 9.17) is 4.42 Å². The highest BCUT2D eigenvalue weighted by Gasteiger charge is 2.30. The number of hydrogen-bond donors (Lipinski definition) is 1. The van der Waals surface area contributed by atoms with E-state index in [1.165, 1.54) is 29.6 Å². The lowest BCUT2D eigenvalue weighted by Gasteiger charge is -2.26. The van der Waals surface area contributed by atoms with E-state index < -0.39 is 0 Å². The maximum Gasteiger partial charge on any atom is 0.134 e. The third-order valence-corrected chi connectivity index (χ3v) is 4.08. The Labute approximate surface area is 115 Å². The molecule has 1 N–H and O–H groups in total. The molecule has 0 aliphatic carbocycles. The molecule has 19 heavy (non-hydrogen) atoms. The second-order valence-corrected chi connectivity index (χ2v) is 6.61. The number of furan rings is 1. The summed E-state index contributed by atoms with van der Waals surface area (Å²) in [5, 5.41) is 4.73. The standard InChI is InChI=1S/C17H23NO/c1-17(2,3)15-13-6-4-5-7-14(13)19-16(15)12-8-10-18-11-9-12/h4-7,12,18H,8-11H2,1-3H3. The van der Waals surface area contributed by atoms with Crippen molar-refractivity contribution in [3.63, 3.8) is 0 Å². The number of rotatable bonds is 1. The summed E-state index contributed by atoms with van der Waals surface area (Å²) in [4.78, 5) is 0.